The van der Waals surface area contributed by atoms with E-state index in [9.17, 15) is 14.0 Å². The van der Waals surface area contributed by atoms with Crippen LogP contribution in [0.5, 0.6) is 5.75 Å². The van der Waals surface area contributed by atoms with Crippen LogP contribution in [0.15, 0.2) is 109 Å². The van der Waals surface area contributed by atoms with Gasteiger partial charge in [-0.3, -0.25) is 14.6 Å². The largest absolute Gasteiger partial charge is 0.484 e. The van der Waals surface area contributed by atoms with Gasteiger partial charge in [-0.15, -0.1) is 0 Å². The number of amides is 2. The second kappa shape index (κ2) is 12.3. The minimum absolute atomic E-state index is 0.0967. The Morgan fingerprint density at radius 2 is 1.47 bits per heavy atom. The van der Waals surface area contributed by atoms with Crippen molar-refractivity contribution >= 4 is 11.8 Å². The first-order valence-electron chi connectivity index (χ1n) is 11.5. The van der Waals surface area contributed by atoms with Crippen LogP contribution < -0.4 is 10.1 Å². The maximum atomic E-state index is 13.6. The number of hydrogen-bond acceptors (Lipinski definition) is 4. The van der Waals surface area contributed by atoms with Gasteiger partial charge in [-0.1, -0.05) is 60.7 Å². The normalized spacial score (nSPS) is 11.4. The molecule has 0 spiro atoms. The van der Waals surface area contributed by atoms with Crippen molar-refractivity contribution in [3.8, 4) is 5.75 Å². The van der Waals surface area contributed by atoms with Crippen molar-refractivity contribution in [2.45, 2.75) is 19.1 Å². The Morgan fingerprint density at radius 1 is 0.833 bits per heavy atom. The fraction of sp³-hybridized carbons (Fsp3) is 0.138. The van der Waals surface area contributed by atoms with Crippen LogP contribution in [0.3, 0.4) is 0 Å². The lowest BCUT2D eigenvalue weighted by atomic mass is 10.0. The summed E-state index contributed by atoms with van der Waals surface area (Å²) in [4.78, 5) is 32.5. The SMILES string of the molecule is O=C(NCc1ccncc1)[C@@H](c1ccccc1)N(Cc1ccc(F)cc1)C(=O)COc1ccccc1. The predicted octanol–water partition coefficient (Wildman–Crippen LogP) is 4.69. The molecule has 1 heterocycles. The molecule has 0 saturated carbocycles. The molecule has 7 heteroatoms. The fourth-order valence-corrected chi connectivity index (χ4v) is 3.75. The highest BCUT2D eigenvalue weighted by Gasteiger charge is 2.31. The summed E-state index contributed by atoms with van der Waals surface area (Å²) < 4.78 is 19.2. The highest BCUT2D eigenvalue weighted by molar-refractivity contribution is 5.89. The number of para-hydroxylation sites is 1. The van der Waals surface area contributed by atoms with Gasteiger partial charge in [0.25, 0.3) is 5.91 Å². The molecule has 182 valence electrons. The van der Waals surface area contributed by atoms with Gasteiger partial charge in [-0.2, -0.15) is 0 Å². The Morgan fingerprint density at radius 3 is 2.14 bits per heavy atom. The van der Waals surface area contributed by atoms with Crippen molar-refractivity contribution in [3.63, 3.8) is 0 Å². The second-order valence-electron chi connectivity index (χ2n) is 8.14. The van der Waals surface area contributed by atoms with E-state index in [4.69, 9.17) is 4.74 Å². The smallest absolute Gasteiger partial charge is 0.261 e. The average molecular weight is 484 g/mol. The maximum Gasteiger partial charge on any atom is 0.261 e. The lowest BCUT2D eigenvalue weighted by Gasteiger charge is -2.31. The van der Waals surface area contributed by atoms with Gasteiger partial charge < -0.3 is 15.0 Å². The standard InChI is InChI=1S/C29H26FN3O3/c30-25-13-11-23(12-14-25)20-33(27(34)21-36-26-9-5-2-6-10-26)28(24-7-3-1-4-8-24)29(35)32-19-22-15-17-31-18-16-22/h1-18,28H,19-21H2,(H,32,35)/t28-/m1/s1. The van der Waals surface area contributed by atoms with E-state index in [2.05, 4.69) is 10.3 Å². The zero-order valence-corrected chi connectivity index (χ0v) is 19.6. The lowest BCUT2D eigenvalue weighted by molar-refractivity contribution is -0.143. The number of ether oxygens (including phenoxy) is 1. The molecule has 0 aliphatic carbocycles. The second-order valence-corrected chi connectivity index (χ2v) is 8.14. The van der Waals surface area contributed by atoms with E-state index in [0.717, 1.165) is 5.56 Å². The zero-order chi connectivity index (χ0) is 25.2. The molecule has 36 heavy (non-hydrogen) atoms. The van der Waals surface area contributed by atoms with Crippen molar-refractivity contribution in [2.24, 2.45) is 0 Å². The van der Waals surface area contributed by atoms with Crippen LogP contribution >= 0.6 is 0 Å². The van der Waals surface area contributed by atoms with Crippen molar-refractivity contribution in [1.29, 1.82) is 0 Å². The highest BCUT2D eigenvalue weighted by Crippen LogP contribution is 2.25. The number of hydrogen-bond donors (Lipinski definition) is 1. The monoisotopic (exact) mass is 483 g/mol. The number of carbonyl (C=O) groups is 2. The van der Waals surface area contributed by atoms with Crippen molar-refractivity contribution in [1.82, 2.24) is 15.2 Å². The van der Waals surface area contributed by atoms with Gasteiger partial charge in [-0.05, 0) is 53.1 Å². The summed E-state index contributed by atoms with van der Waals surface area (Å²) in [5.41, 5.74) is 2.22. The molecular formula is C29H26FN3O3. The average Bonchev–Trinajstić information content (AvgIpc) is 2.93. The van der Waals surface area contributed by atoms with E-state index in [1.807, 2.05) is 48.5 Å². The molecule has 0 aliphatic rings. The Labute approximate surface area is 209 Å². The molecule has 0 aliphatic heterocycles. The molecule has 2 amide bonds. The van der Waals surface area contributed by atoms with Crippen LogP contribution in [0, 0.1) is 5.82 Å². The molecule has 4 aromatic rings. The van der Waals surface area contributed by atoms with Crippen LogP contribution in [0.1, 0.15) is 22.7 Å². The van der Waals surface area contributed by atoms with E-state index in [0.29, 0.717) is 16.9 Å². The van der Waals surface area contributed by atoms with Gasteiger partial charge >= 0.3 is 0 Å². The van der Waals surface area contributed by atoms with Crippen molar-refractivity contribution < 1.29 is 18.7 Å². The number of halogens is 1. The molecule has 4 rings (SSSR count). The number of aromatic nitrogens is 1. The third kappa shape index (κ3) is 6.76. The Bertz CT molecular complexity index is 1250. The number of rotatable bonds is 10. The number of pyridine rings is 1. The van der Waals surface area contributed by atoms with Crippen molar-refractivity contribution in [2.75, 3.05) is 6.61 Å². The molecule has 0 fully saturated rings. The summed E-state index contributed by atoms with van der Waals surface area (Å²) in [5, 5.41) is 2.94. The molecule has 3 aromatic carbocycles. The fourth-order valence-electron chi connectivity index (χ4n) is 3.75. The number of nitrogens with zero attached hydrogens (tertiary/aromatic N) is 2. The number of benzene rings is 3. The minimum Gasteiger partial charge on any atom is -0.484 e. The van der Waals surface area contributed by atoms with Crippen LogP contribution in [0.4, 0.5) is 4.39 Å². The van der Waals surface area contributed by atoms with Gasteiger partial charge in [0.05, 0.1) is 0 Å². The molecule has 0 bridgehead atoms. The number of carbonyl (C=O) groups excluding carboxylic acids is 2. The van der Waals surface area contributed by atoms with Crippen LogP contribution in [0.25, 0.3) is 0 Å². The summed E-state index contributed by atoms with van der Waals surface area (Å²) in [5.74, 6) is -0.547. The first-order valence-corrected chi connectivity index (χ1v) is 11.5. The van der Waals surface area contributed by atoms with Crippen molar-refractivity contribution in [3.05, 3.63) is 132 Å². The predicted molar refractivity (Wildman–Crippen MR) is 134 cm³/mol. The Hall–Kier alpha value is -4.52. The van der Waals surface area contributed by atoms with E-state index in [-0.39, 0.29) is 37.3 Å². The minimum atomic E-state index is -0.926. The van der Waals surface area contributed by atoms with Crippen LogP contribution in [0.2, 0.25) is 0 Å². The quantitative estimate of drug-likeness (QED) is 0.355. The summed E-state index contributed by atoms with van der Waals surface area (Å²) in [6.07, 6.45) is 3.31. The molecular weight excluding hydrogens is 457 g/mol. The molecule has 1 atom stereocenters. The first kappa shape index (κ1) is 24.6. The zero-order valence-electron chi connectivity index (χ0n) is 19.6. The topological polar surface area (TPSA) is 71.5 Å². The molecule has 0 unspecified atom stereocenters. The van der Waals surface area contributed by atoms with Gasteiger partial charge in [0.2, 0.25) is 5.91 Å². The van der Waals surface area contributed by atoms with Gasteiger partial charge in [0.15, 0.2) is 6.61 Å². The summed E-state index contributed by atoms with van der Waals surface area (Å²) in [7, 11) is 0. The summed E-state index contributed by atoms with van der Waals surface area (Å²) in [6.45, 7) is 0.120. The Kier molecular flexibility index (Phi) is 8.38. The van der Waals surface area contributed by atoms with E-state index < -0.39 is 6.04 Å². The van der Waals surface area contributed by atoms with Crippen LogP contribution in [-0.4, -0.2) is 28.3 Å². The maximum absolute atomic E-state index is 13.6. The van der Waals surface area contributed by atoms with Gasteiger partial charge in [0, 0.05) is 25.5 Å². The molecule has 0 saturated heterocycles. The molecule has 1 N–H and O–H groups in total. The van der Waals surface area contributed by atoms with E-state index in [1.165, 1.54) is 17.0 Å². The molecule has 1 aromatic heterocycles. The lowest BCUT2D eigenvalue weighted by Crippen LogP contribution is -2.45. The summed E-state index contributed by atoms with van der Waals surface area (Å²) in [6, 6.07) is 26.7. The highest BCUT2D eigenvalue weighted by atomic mass is 19.1. The molecule has 0 radical (unpaired) electrons. The van der Waals surface area contributed by atoms with Gasteiger partial charge in [0.1, 0.15) is 17.6 Å². The molecule has 6 nitrogen and oxygen atoms in total. The van der Waals surface area contributed by atoms with Gasteiger partial charge in [-0.25, -0.2) is 4.39 Å². The van der Waals surface area contributed by atoms with E-state index in [1.54, 1.807) is 48.8 Å². The first-order chi connectivity index (χ1) is 17.6. The number of nitrogens with one attached hydrogen (secondary N) is 1. The van der Waals surface area contributed by atoms with Crippen LogP contribution in [-0.2, 0) is 22.7 Å². The third-order valence-corrected chi connectivity index (χ3v) is 5.58. The van der Waals surface area contributed by atoms with E-state index >= 15 is 0 Å². The Balaban J connectivity index is 1.62. The summed E-state index contributed by atoms with van der Waals surface area (Å²) >= 11 is 0. The third-order valence-electron chi connectivity index (χ3n) is 5.58.